The van der Waals surface area contributed by atoms with Crippen molar-refractivity contribution >= 4 is 29.6 Å². The van der Waals surface area contributed by atoms with Crippen molar-refractivity contribution in [3.8, 4) is 5.75 Å². The first-order chi connectivity index (χ1) is 18.1. The molecule has 4 rings (SSSR count). The van der Waals surface area contributed by atoms with Crippen molar-refractivity contribution < 1.29 is 19.1 Å². The third-order valence-corrected chi connectivity index (χ3v) is 6.07. The minimum Gasteiger partial charge on any atom is -0.489 e. The molecule has 1 fully saturated rings. The van der Waals surface area contributed by atoms with Crippen LogP contribution in [0.3, 0.4) is 0 Å². The van der Waals surface area contributed by atoms with E-state index in [1.54, 1.807) is 48.5 Å². The number of carbonyl (C=O) groups excluding carboxylic acids is 3. The molecule has 0 bridgehead atoms. The van der Waals surface area contributed by atoms with Gasteiger partial charge >= 0.3 is 11.8 Å². The number of amides is 3. The van der Waals surface area contributed by atoms with Crippen LogP contribution in [0.1, 0.15) is 53.6 Å². The first kappa shape index (κ1) is 25.6. The summed E-state index contributed by atoms with van der Waals surface area (Å²) in [5.41, 5.74) is 4.59. The van der Waals surface area contributed by atoms with Gasteiger partial charge in [0, 0.05) is 6.04 Å². The van der Waals surface area contributed by atoms with Crippen LogP contribution in [0.25, 0.3) is 0 Å². The van der Waals surface area contributed by atoms with Crippen molar-refractivity contribution in [2.45, 2.75) is 44.8 Å². The van der Waals surface area contributed by atoms with Crippen LogP contribution < -0.4 is 20.8 Å². The number of ether oxygens (including phenoxy) is 1. The van der Waals surface area contributed by atoms with Gasteiger partial charge in [0.1, 0.15) is 12.4 Å². The number of hydrogen-bond acceptors (Lipinski definition) is 5. The Morgan fingerprint density at radius 3 is 2.30 bits per heavy atom. The average molecular weight is 499 g/mol. The van der Waals surface area contributed by atoms with Gasteiger partial charge < -0.3 is 15.4 Å². The predicted molar refractivity (Wildman–Crippen MR) is 142 cm³/mol. The summed E-state index contributed by atoms with van der Waals surface area (Å²) >= 11 is 0. The maximum atomic E-state index is 12.8. The van der Waals surface area contributed by atoms with E-state index in [1.165, 1.54) is 12.6 Å². The standard InChI is InChI=1S/C29H30N4O4/c34-27(31-23-11-5-2-6-12-23)25-13-7-8-14-26(25)32-28(35)29(36)33-30-19-21-15-17-24(18-16-21)37-20-22-9-3-1-4-10-22/h1,3-4,7-10,13-19,23H,2,5-6,11-12,20H2,(H,31,34)(H,32,35)(H,33,36)/b30-19+. The van der Waals surface area contributed by atoms with E-state index in [1.807, 2.05) is 30.3 Å². The van der Waals surface area contributed by atoms with Gasteiger partial charge in [0.05, 0.1) is 17.5 Å². The summed E-state index contributed by atoms with van der Waals surface area (Å²) in [7, 11) is 0. The number of rotatable bonds is 8. The molecule has 1 aliphatic carbocycles. The minimum absolute atomic E-state index is 0.132. The SMILES string of the molecule is O=C(N/N=C/c1ccc(OCc2ccccc2)cc1)C(=O)Nc1ccccc1C(=O)NC1CCCCC1. The molecule has 0 atom stereocenters. The second-order valence-corrected chi connectivity index (χ2v) is 8.85. The summed E-state index contributed by atoms with van der Waals surface area (Å²) in [4.78, 5) is 37.4. The van der Waals surface area contributed by atoms with E-state index < -0.39 is 11.8 Å². The third kappa shape index (κ3) is 7.76. The number of benzene rings is 3. The van der Waals surface area contributed by atoms with Crippen LogP contribution in [0.2, 0.25) is 0 Å². The maximum absolute atomic E-state index is 12.8. The van der Waals surface area contributed by atoms with Crippen molar-refractivity contribution in [3.63, 3.8) is 0 Å². The quantitative estimate of drug-likeness (QED) is 0.243. The second kappa shape index (κ2) is 13.0. The summed E-state index contributed by atoms with van der Waals surface area (Å²) < 4.78 is 5.75. The molecule has 0 radical (unpaired) electrons. The highest BCUT2D eigenvalue weighted by molar-refractivity contribution is 6.40. The van der Waals surface area contributed by atoms with Gasteiger partial charge in [-0.3, -0.25) is 14.4 Å². The van der Waals surface area contributed by atoms with E-state index in [4.69, 9.17) is 4.74 Å². The molecule has 190 valence electrons. The normalized spacial score (nSPS) is 13.6. The summed E-state index contributed by atoms with van der Waals surface area (Å²) in [6.45, 7) is 0.463. The van der Waals surface area contributed by atoms with Crippen LogP contribution in [0.15, 0.2) is 84.0 Å². The number of anilines is 1. The third-order valence-electron chi connectivity index (χ3n) is 6.07. The number of para-hydroxylation sites is 1. The Kier molecular flexibility index (Phi) is 9.02. The van der Waals surface area contributed by atoms with Crippen LogP contribution in [0, 0.1) is 0 Å². The molecular formula is C29H30N4O4. The molecule has 3 aromatic carbocycles. The number of nitrogens with one attached hydrogen (secondary N) is 3. The van der Waals surface area contributed by atoms with Gasteiger partial charge in [0.2, 0.25) is 0 Å². The van der Waals surface area contributed by atoms with Crippen LogP contribution in [-0.4, -0.2) is 30.0 Å². The summed E-state index contributed by atoms with van der Waals surface area (Å²) in [5.74, 6) is -1.42. The Labute approximate surface area is 216 Å². The molecule has 1 saturated carbocycles. The predicted octanol–water partition coefficient (Wildman–Crippen LogP) is 4.42. The smallest absolute Gasteiger partial charge is 0.329 e. The molecule has 0 spiro atoms. The molecule has 0 unspecified atom stereocenters. The van der Waals surface area contributed by atoms with Crippen molar-refractivity contribution in [1.82, 2.24) is 10.7 Å². The number of carbonyl (C=O) groups is 3. The Morgan fingerprint density at radius 1 is 0.838 bits per heavy atom. The zero-order chi connectivity index (χ0) is 25.9. The lowest BCUT2D eigenvalue weighted by Gasteiger charge is -2.23. The zero-order valence-corrected chi connectivity index (χ0v) is 20.5. The van der Waals surface area contributed by atoms with E-state index in [-0.39, 0.29) is 17.6 Å². The highest BCUT2D eigenvalue weighted by Gasteiger charge is 2.20. The largest absolute Gasteiger partial charge is 0.489 e. The second-order valence-electron chi connectivity index (χ2n) is 8.85. The van der Waals surface area contributed by atoms with E-state index in [0.717, 1.165) is 36.8 Å². The lowest BCUT2D eigenvalue weighted by atomic mass is 9.95. The first-order valence-electron chi connectivity index (χ1n) is 12.4. The van der Waals surface area contributed by atoms with Gasteiger partial charge in [-0.1, -0.05) is 61.7 Å². The van der Waals surface area contributed by atoms with Gasteiger partial charge in [-0.2, -0.15) is 5.10 Å². The van der Waals surface area contributed by atoms with Gasteiger partial charge in [0.15, 0.2) is 0 Å². The Hall–Kier alpha value is -4.46. The van der Waals surface area contributed by atoms with E-state index >= 15 is 0 Å². The van der Waals surface area contributed by atoms with Gasteiger partial charge in [-0.05, 0) is 60.4 Å². The summed E-state index contributed by atoms with van der Waals surface area (Å²) in [6, 6.07) is 23.8. The van der Waals surface area contributed by atoms with Gasteiger partial charge in [-0.15, -0.1) is 0 Å². The average Bonchev–Trinajstić information content (AvgIpc) is 2.94. The highest BCUT2D eigenvalue weighted by atomic mass is 16.5. The van der Waals surface area contributed by atoms with Crippen LogP contribution in [0.5, 0.6) is 5.75 Å². The minimum atomic E-state index is -0.943. The molecule has 8 heteroatoms. The molecule has 37 heavy (non-hydrogen) atoms. The molecule has 3 amide bonds. The fourth-order valence-corrected chi connectivity index (χ4v) is 4.09. The first-order valence-corrected chi connectivity index (χ1v) is 12.4. The van der Waals surface area contributed by atoms with E-state index in [0.29, 0.717) is 17.9 Å². The van der Waals surface area contributed by atoms with Gasteiger partial charge in [-0.25, -0.2) is 5.43 Å². The topological polar surface area (TPSA) is 109 Å². The van der Waals surface area contributed by atoms with E-state index in [9.17, 15) is 14.4 Å². The molecule has 8 nitrogen and oxygen atoms in total. The molecule has 3 aromatic rings. The number of hydrazone groups is 1. The van der Waals surface area contributed by atoms with Crippen molar-refractivity contribution in [1.29, 1.82) is 0 Å². The van der Waals surface area contributed by atoms with E-state index in [2.05, 4.69) is 21.2 Å². The van der Waals surface area contributed by atoms with Crippen molar-refractivity contribution in [3.05, 3.63) is 95.6 Å². The monoisotopic (exact) mass is 498 g/mol. The molecule has 0 aromatic heterocycles. The lowest BCUT2D eigenvalue weighted by Crippen LogP contribution is -2.37. The molecule has 3 N–H and O–H groups in total. The molecule has 0 saturated heterocycles. The van der Waals surface area contributed by atoms with Gasteiger partial charge in [0.25, 0.3) is 5.91 Å². The Bertz CT molecular complexity index is 1240. The Balaban J connectivity index is 1.26. The zero-order valence-electron chi connectivity index (χ0n) is 20.5. The lowest BCUT2D eigenvalue weighted by molar-refractivity contribution is -0.136. The summed E-state index contributed by atoms with van der Waals surface area (Å²) in [5, 5.41) is 9.39. The molecule has 1 aliphatic rings. The van der Waals surface area contributed by atoms with Crippen LogP contribution >= 0.6 is 0 Å². The Morgan fingerprint density at radius 2 is 1.54 bits per heavy atom. The fourth-order valence-electron chi connectivity index (χ4n) is 4.09. The molecular weight excluding hydrogens is 468 g/mol. The van der Waals surface area contributed by atoms with Crippen LogP contribution in [-0.2, 0) is 16.2 Å². The highest BCUT2D eigenvalue weighted by Crippen LogP contribution is 2.20. The number of nitrogens with zero attached hydrogens (tertiary/aromatic N) is 1. The number of hydrogen-bond donors (Lipinski definition) is 3. The summed E-state index contributed by atoms with van der Waals surface area (Å²) in [6.07, 6.45) is 6.70. The maximum Gasteiger partial charge on any atom is 0.329 e. The fraction of sp³-hybridized carbons (Fsp3) is 0.241. The molecule has 0 aliphatic heterocycles. The van der Waals surface area contributed by atoms with Crippen LogP contribution in [0.4, 0.5) is 5.69 Å². The van der Waals surface area contributed by atoms with Crippen molar-refractivity contribution in [2.24, 2.45) is 5.10 Å². The molecule has 0 heterocycles. The van der Waals surface area contributed by atoms with Crippen molar-refractivity contribution in [2.75, 3.05) is 5.32 Å².